The van der Waals surface area contributed by atoms with E-state index in [-0.39, 0.29) is 23.8 Å². The van der Waals surface area contributed by atoms with Gasteiger partial charge >= 0.3 is 0 Å². The van der Waals surface area contributed by atoms with Crippen molar-refractivity contribution < 1.29 is 9.59 Å². The molecule has 2 N–H and O–H groups in total. The molecule has 0 spiro atoms. The topological polar surface area (TPSA) is 71.1 Å². The largest absolute Gasteiger partial charge is 0.355 e. The number of carbonyl (C=O) groups is 2. The van der Waals surface area contributed by atoms with Crippen LogP contribution in [-0.4, -0.2) is 23.3 Å². The van der Waals surface area contributed by atoms with E-state index in [0.717, 1.165) is 5.56 Å². The molecule has 18 heavy (non-hydrogen) atoms. The summed E-state index contributed by atoms with van der Waals surface area (Å²) in [5.41, 5.74) is 1.03. The van der Waals surface area contributed by atoms with Crippen molar-refractivity contribution in [3.63, 3.8) is 0 Å². The Bertz CT molecular complexity index is 423. The Morgan fingerprint density at radius 2 is 2.22 bits per heavy atom. The van der Waals surface area contributed by atoms with Crippen LogP contribution in [0, 0.1) is 5.92 Å². The summed E-state index contributed by atoms with van der Waals surface area (Å²) >= 11 is 0. The summed E-state index contributed by atoms with van der Waals surface area (Å²) in [5, 5.41) is 5.68. The Kier molecular flexibility index (Phi) is 3.92. The van der Waals surface area contributed by atoms with Crippen molar-refractivity contribution in [2.45, 2.75) is 25.8 Å². The summed E-state index contributed by atoms with van der Waals surface area (Å²) < 4.78 is 0. The average Bonchev–Trinajstić information content (AvgIpc) is 2.40. The number of piperidine rings is 1. The van der Waals surface area contributed by atoms with Gasteiger partial charge in [0.2, 0.25) is 11.8 Å². The molecule has 0 radical (unpaired) electrons. The Balaban J connectivity index is 1.89. The minimum Gasteiger partial charge on any atom is -0.355 e. The smallest absolute Gasteiger partial charge is 0.225 e. The molecule has 96 valence electrons. The number of hydrogen-bond acceptors (Lipinski definition) is 3. The second-order valence-corrected chi connectivity index (χ2v) is 4.55. The van der Waals surface area contributed by atoms with E-state index in [4.69, 9.17) is 0 Å². The lowest BCUT2D eigenvalue weighted by molar-refractivity contribution is -0.129. The van der Waals surface area contributed by atoms with Crippen molar-refractivity contribution in [2.24, 2.45) is 5.92 Å². The Labute approximate surface area is 106 Å². The van der Waals surface area contributed by atoms with Crippen molar-refractivity contribution >= 4 is 11.8 Å². The van der Waals surface area contributed by atoms with Crippen molar-refractivity contribution in [3.8, 4) is 0 Å². The van der Waals surface area contributed by atoms with Crippen LogP contribution in [-0.2, 0) is 9.59 Å². The van der Waals surface area contributed by atoms with E-state index in [1.807, 2.05) is 19.1 Å². The second kappa shape index (κ2) is 5.62. The molecule has 5 nitrogen and oxygen atoms in total. The van der Waals surface area contributed by atoms with E-state index in [1.54, 1.807) is 12.4 Å². The number of hydrogen-bond donors (Lipinski definition) is 2. The van der Waals surface area contributed by atoms with Gasteiger partial charge in [0, 0.05) is 25.4 Å². The zero-order chi connectivity index (χ0) is 13.0. The highest BCUT2D eigenvalue weighted by atomic mass is 16.2. The first-order valence-corrected chi connectivity index (χ1v) is 6.14. The molecule has 0 aromatic carbocycles. The van der Waals surface area contributed by atoms with Crippen LogP contribution < -0.4 is 10.6 Å². The summed E-state index contributed by atoms with van der Waals surface area (Å²) in [6, 6.07) is 3.72. The van der Waals surface area contributed by atoms with Gasteiger partial charge in [-0.05, 0) is 31.0 Å². The molecule has 2 heterocycles. The fourth-order valence-electron chi connectivity index (χ4n) is 2.02. The van der Waals surface area contributed by atoms with Gasteiger partial charge in [0.1, 0.15) is 0 Å². The predicted molar refractivity (Wildman–Crippen MR) is 66.5 cm³/mol. The van der Waals surface area contributed by atoms with Crippen LogP contribution in [0.15, 0.2) is 24.5 Å². The molecule has 2 unspecified atom stereocenters. The van der Waals surface area contributed by atoms with Crippen LogP contribution in [0.2, 0.25) is 0 Å². The third kappa shape index (κ3) is 3.06. The van der Waals surface area contributed by atoms with E-state index < -0.39 is 0 Å². The summed E-state index contributed by atoms with van der Waals surface area (Å²) in [4.78, 5) is 27.0. The van der Waals surface area contributed by atoms with Gasteiger partial charge in [-0.15, -0.1) is 0 Å². The molecule has 2 atom stereocenters. The monoisotopic (exact) mass is 247 g/mol. The number of aromatic nitrogens is 1. The van der Waals surface area contributed by atoms with Gasteiger partial charge in [0.15, 0.2) is 0 Å². The van der Waals surface area contributed by atoms with E-state index >= 15 is 0 Å². The third-order valence-corrected chi connectivity index (χ3v) is 3.20. The lowest BCUT2D eigenvalue weighted by Gasteiger charge is -2.23. The molecule has 0 bridgehead atoms. The highest BCUT2D eigenvalue weighted by Gasteiger charge is 2.25. The summed E-state index contributed by atoms with van der Waals surface area (Å²) in [7, 11) is 0. The summed E-state index contributed by atoms with van der Waals surface area (Å²) in [5.74, 6) is -0.0902. The van der Waals surface area contributed by atoms with Crippen LogP contribution in [0.5, 0.6) is 0 Å². The SMILES string of the molecule is CC(NC(=O)C1CCC(=O)NC1)c1ccncc1. The number of amides is 2. The first-order valence-electron chi connectivity index (χ1n) is 6.14. The molecule has 1 aliphatic rings. The second-order valence-electron chi connectivity index (χ2n) is 4.55. The molecule has 2 amide bonds. The molecule has 1 fully saturated rings. The van der Waals surface area contributed by atoms with Gasteiger partial charge in [-0.1, -0.05) is 0 Å². The van der Waals surface area contributed by atoms with Crippen LogP contribution in [0.3, 0.4) is 0 Å². The zero-order valence-corrected chi connectivity index (χ0v) is 10.3. The molecule has 1 aromatic rings. The molecule has 0 aliphatic carbocycles. The van der Waals surface area contributed by atoms with Crippen LogP contribution in [0.25, 0.3) is 0 Å². The maximum Gasteiger partial charge on any atom is 0.225 e. The van der Waals surface area contributed by atoms with Gasteiger partial charge in [-0.2, -0.15) is 0 Å². The molecular weight excluding hydrogens is 230 g/mol. The molecule has 5 heteroatoms. The lowest BCUT2D eigenvalue weighted by atomic mass is 9.97. The zero-order valence-electron chi connectivity index (χ0n) is 10.3. The summed E-state index contributed by atoms with van der Waals surface area (Å²) in [6.07, 6.45) is 4.47. The molecule has 1 saturated heterocycles. The summed E-state index contributed by atoms with van der Waals surface area (Å²) in [6.45, 7) is 2.38. The molecule has 1 aliphatic heterocycles. The highest BCUT2D eigenvalue weighted by Crippen LogP contribution is 2.15. The number of nitrogens with zero attached hydrogens (tertiary/aromatic N) is 1. The molecular formula is C13H17N3O2. The van der Waals surface area contributed by atoms with Gasteiger partial charge in [0.25, 0.3) is 0 Å². The Morgan fingerprint density at radius 1 is 1.50 bits per heavy atom. The maximum absolute atomic E-state index is 12.0. The quantitative estimate of drug-likeness (QED) is 0.829. The number of carbonyl (C=O) groups excluding carboxylic acids is 2. The van der Waals surface area contributed by atoms with Gasteiger partial charge in [-0.25, -0.2) is 0 Å². The first kappa shape index (κ1) is 12.5. The minimum absolute atomic E-state index is 0.000637. The predicted octanol–water partition coefficient (Wildman–Crippen LogP) is 0.785. The highest BCUT2D eigenvalue weighted by molar-refractivity contribution is 5.83. The van der Waals surface area contributed by atoms with Crippen molar-refractivity contribution in [3.05, 3.63) is 30.1 Å². The molecule has 0 saturated carbocycles. The van der Waals surface area contributed by atoms with E-state index in [0.29, 0.717) is 19.4 Å². The fourth-order valence-corrected chi connectivity index (χ4v) is 2.02. The van der Waals surface area contributed by atoms with Crippen molar-refractivity contribution in [2.75, 3.05) is 6.54 Å². The number of nitrogens with one attached hydrogen (secondary N) is 2. The minimum atomic E-state index is -0.119. The van der Waals surface area contributed by atoms with E-state index in [2.05, 4.69) is 15.6 Å². The van der Waals surface area contributed by atoms with Crippen molar-refractivity contribution in [1.29, 1.82) is 0 Å². The molecule has 1 aromatic heterocycles. The van der Waals surface area contributed by atoms with Crippen LogP contribution in [0.1, 0.15) is 31.4 Å². The average molecular weight is 247 g/mol. The molecule has 2 rings (SSSR count). The maximum atomic E-state index is 12.0. The van der Waals surface area contributed by atoms with Crippen LogP contribution >= 0.6 is 0 Å². The first-order chi connectivity index (χ1) is 8.66. The number of rotatable bonds is 3. The van der Waals surface area contributed by atoms with Crippen LogP contribution in [0.4, 0.5) is 0 Å². The lowest BCUT2D eigenvalue weighted by Crippen LogP contribution is -2.43. The normalized spacial score (nSPS) is 20.9. The van der Waals surface area contributed by atoms with Gasteiger partial charge in [-0.3, -0.25) is 14.6 Å². The standard InChI is InChI=1S/C13H17N3O2/c1-9(10-4-6-14-7-5-10)16-13(18)11-2-3-12(17)15-8-11/h4-7,9,11H,2-3,8H2,1H3,(H,15,17)(H,16,18). The van der Waals surface area contributed by atoms with Gasteiger partial charge in [0.05, 0.1) is 12.0 Å². The Hall–Kier alpha value is -1.91. The van der Waals surface area contributed by atoms with Gasteiger partial charge < -0.3 is 10.6 Å². The van der Waals surface area contributed by atoms with E-state index in [9.17, 15) is 9.59 Å². The van der Waals surface area contributed by atoms with Crippen molar-refractivity contribution in [1.82, 2.24) is 15.6 Å². The third-order valence-electron chi connectivity index (χ3n) is 3.20. The van der Waals surface area contributed by atoms with E-state index in [1.165, 1.54) is 0 Å². The number of pyridine rings is 1. The fraction of sp³-hybridized carbons (Fsp3) is 0.462. The Morgan fingerprint density at radius 3 is 2.83 bits per heavy atom.